The molecule has 3 aliphatic rings. The number of anilines is 1. The standard InChI is InChI=1S/C22H25N3O5S/c1-12-6-7-13-16(9-23)20(31-17(13)8-12)24-18(26)11-30-19(27)10-25-21(28)14-4-2-3-5-15(14)22(25)29/h12,14-15H,2-8,10-11H2,1H3,(H,24,26). The maximum Gasteiger partial charge on any atom is 0.326 e. The number of nitrogens with one attached hydrogen (secondary N) is 1. The van der Waals surface area contributed by atoms with Crippen molar-refractivity contribution in [1.29, 1.82) is 5.26 Å². The van der Waals surface area contributed by atoms with Gasteiger partial charge in [-0.2, -0.15) is 5.26 Å². The minimum Gasteiger partial charge on any atom is -0.454 e. The van der Waals surface area contributed by atoms with E-state index in [9.17, 15) is 24.4 Å². The van der Waals surface area contributed by atoms with Crippen LogP contribution in [0.5, 0.6) is 0 Å². The van der Waals surface area contributed by atoms with Crippen molar-refractivity contribution in [2.45, 2.75) is 51.9 Å². The third-order valence-electron chi connectivity index (χ3n) is 6.46. The minimum atomic E-state index is -0.796. The van der Waals surface area contributed by atoms with Crippen LogP contribution < -0.4 is 5.32 Å². The van der Waals surface area contributed by atoms with E-state index in [0.29, 0.717) is 29.3 Å². The Kier molecular flexibility index (Phi) is 6.10. The largest absolute Gasteiger partial charge is 0.454 e. The Morgan fingerprint density at radius 1 is 1.19 bits per heavy atom. The predicted molar refractivity (Wildman–Crippen MR) is 112 cm³/mol. The van der Waals surface area contributed by atoms with Crippen molar-refractivity contribution in [3.8, 4) is 6.07 Å². The van der Waals surface area contributed by atoms with E-state index in [0.717, 1.165) is 47.4 Å². The Labute approximate surface area is 184 Å². The number of carbonyl (C=O) groups is 4. The number of ether oxygens (including phenoxy) is 1. The quantitative estimate of drug-likeness (QED) is 0.552. The number of amides is 3. The first-order valence-corrected chi connectivity index (χ1v) is 11.6. The average molecular weight is 444 g/mol. The lowest BCUT2D eigenvalue weighted by Gasteiger charge is -2.19. The fraction of sp³-hybridized carbons (Fsp3) is 0.591. The number of hydrogen-bond donors (Lipinski definition) is 1. The highest BCUT2D eigenvalue weighted by Crippen LogP contribution is 2.39. The maximum atomic E-state index is 12.4. The van der Waals surface area contributed by atoms with E-state index in [1.54, 1.807) is 0 Å². The van der Waals surface area contributed by atoms with Crippen molar-refractivity contribution in [1.82, 2.24) is 4.90 Å². The summed E-state index contributed by atoms with van der Waals surface area (Å²) in [5.41, 5.74) is 1.49. The van der Waals surface area contributed by atoms with Crippen LogP contribution in [0.1, 0.15) is 55.0 Å². The molecule has 4 rings (SSSR count). The minimum absolute atomic E-state index is 0.312. The van der Waals surface area contributed by atoms with Crippen LogP contribution in [0.2, 0.25) is 0 Å². The summed E-state index contributed by atoms with van der Waals surface area (Å²) in [4.78, 5) is 51.5. The van der Waals surface area contributed by atoms with Crippen LogP contribution in [0.3, 0.4) is 0 Å². The molecule has 0 radical (unpaired) electrons. The van der Waals surface area contributed by atoms with Gasteiger partial charge in [0.1, 0.15) is 17.6 Å². The predicted octanol–water partition coefficient (Wildman–Crippen LogP) is 2.40. The van der Waals surface area contributed by atoms with Crippen LogP contribution in [-0.2, 0) is 36.8 Å². The number of nitrogens with zero attached hydrogens (tertiary/aromatic N) is 2. The normalized spacial score (nSPS) is 24.9. The second-order valence-corrected chi connectivity index (χ2v) is 9.74. The number of likely N-dealkylation sites (tertiary alicyclic amines) is 1. The number of carbonyl (C=O) groups excluding carboxylic acids is 4. The zero-order chi connectivity index (χ0) is 22.1. The molecule has 3 atom stereocenters. The molecule has 0 bridgehead atoms. The van der Waals surface area contributed by atoms with E-state index in [-0.39, 0.29) is 23.7 Å². The molecule has 164 valence electrons. The summed E-state index contributed by atoms with van der Waals surface area (Å²) in [6.45, 7) is 1.16. The van der Waals surface area contributed by atoms with Gasteiger partial charge in [0.05, 0.1) is 17.4 Å². The van der Waals surface area contributed by atoms with Crippen LogP contribution in [0.25, 0.3) is 0 Å². The number of rotatable bonds is 5. The Bertz CT molecular complexity index is 955. The van der Waals surface area contributed by atoms with E-state index in [1.165, 1.54) is 11.3 Å². The molecule has 0 aromatic carbocycles. The highest BCUT2D eigenvalue weighted by Gasteiger charge is 2.48. The van der Waals surface area contributed by atoms with Gasteiger partial charge in [0.25, 0.3) is 5.91 Å². The number of esters is 1. The Morgan fingerprint density at radius 2 is 1.87 bits per heavy atom. The lowest BCUT2D eigenvalue weighted by Crippen LogP contribution is -2.37. The summed E-state index contributed by atoms with van der Waals surface area (Å²) in [6.07, 6.45) is 5.89. The zero-order valence-corrected chi connectivity index (χ0v) is 18.3. The van der Waals surface area contributed by atoms with E-state index < -0.39 is 25.0 Å². The third-order valence-corrected chi connectivity index (χ3v) is 7.63. The molecule has 2 fully saturated rings. The van der Waals surface area contributed by atoms with Crippen molar-refractivity contribution in [3.63, 3.8) is 0 Å². The van der Waals surface area contributed by atoms with Crippen molar-refractivity contribution in [2.24, 2.45) is 17.8 Å². The summed E-state index contributed by atoms with van der Waals surface area (Å²) < 4.78 is 5.01. The fourth-order valence-corrected chi connectivity index (χ4v) is 6.20. The van der Waals surface area contributed by atoms with E-state index in [4.69, 9.17) is 4.74 Å². The van der Waals surface area contributed by atoms with Gasteiger partial charge >= 0.3 is 5.97 Å². The molecule has 1 aliphatic heterocycles. The van der Waals surface area contributed by atoms with Gasteiger partial charge in [0.2, 0.25) is 11.8 Å². The van der Waals surface area contributed by atoms with Crippen LogP contribution in [0, 0.1) is 29.1 Å². The molecule has 3 amide bonds. The summed E-state index contributed by atoms with van der Waals surface area (Å²) in [5.74, 6) is -2.08. The molecule has 31 heavy (non-hydrogen) atoms. The molecule has 1 saturated carbocycles. The van der Waals surface area contributed by atoms with Crippen molar-refractivity contribution in [2.75, 3.05) is 18.5 Å². The van der Waals surface area contributed by atoms with Gasteiger partial charge in [0, 0.05) is 4.88 Å². The summed E-state index contributed by atoms with van der Waals surface area (Å²) in [7, 11) is 0. The molecule has 1 aromatic rings. The highest BCUT2D eigenvalue weighted by molar-refractivity contribution is 7.16. The van der Waals surface area contributed by atoms with Crippen molar-refractivity contribution >= 4 is 40.0 Å². The Balaban J connectivity index is 1.31. The maximum absolute atomic E-state index is 12.4. The second kappa shape index (κ2) is 8.79. The lowest BCUT2D eigenvalue weighted by atomic mass is 9.81. The molecular formula is C22H25N3O5S. The van der Waals surface area contributed by atoms with Gasteiger partial charge in [-0.1, -0.05) is 19.8 Å². The molecule has 0 spiro atoms. The first kappa shape index (κ1) is 21.5. The Hall–Kier alpha value is -2.73. The number of nitriles is 1. The van der Waals surface area contributed by atoms with E-state index in [2.05, 4.69) is 18.3 Å². The van der Waals surface area contributed by atoms with Crippen LogP contribution in [0.4, 0.5) is 5.00 Å². The number of fused-ring (bicyclic) bond motifs is 2. The first-order chi connectivity index (χ1) is 14.9. The topological polar surface area (TPSA) is 117 Å². The summed E-state index contributed by atoms with van der Waals surface area (Å²) in [6, 6.07) is 2.18. The molecule has 8 nitrogen and oxygen atoms in total. The number of thiophene rings is 1. The smallest absolute Gasteiger partial charge is 0.326 e. The van der Waals surface area contributed by atoms with Gasteiger partial charge in [-0.3, -0.25) is 24.1 Å². The zero-order valence-electron chi connectivity index (χ0n) is 17.4. The van der Waals surface area contributed by atoms with Crippen molar-refractivity contribution in [3.05, 3.63) is 16.0 Å². The van der Waals surface area contributed by atoms with Crippen LogP contribution >= 0.6 is 11.3 Å². The third kappa shape index (κ3) is 4.22. The number of hydrogen-bond acceptors (Lipinski definition) is 7. The van der Waals surface area contributed by atoms with Gasteiger partial charge < -0.3 is 10.1 Å². The number of imide groups is 1. The Morgan fingerprint density at radius 3 is 2.52 bits per heavy atom. The molecule has 9 heteroatoms. The van der Waals surface area contributed by atoms with Gasteiger partial charge in [-0.05, 0) is 43.6 Å². The van der Waals surface area contributed by atoms with Gasteiger partial charge in [0.15, 0.2) is 6.61 Å². The van der Waals surface area contributed by atoms with Crippen LogP contribution in [-0.4, -0.2) is 41.7 Å². The molecular weight excluding hydrogens is 418 g/mol. The van der Waals surface area contributed by atoms with E-state index >= 15 is 0 Å². The van der Waals surface area contributed by atoms with E-state index in [1.807, 2.05) is 0 Å². The van der Waals surface area contributed by atoms with Gasteiger partial charge in [-0.25, -0.2) is 0 Å². The van der Waals surface area contributed by atoms with Crippen LogP contribution in [0.15, 0.2) is 0 Å². The van der Waals surface area contributed by atoms with Crippen molar-refractivity contribution < 1.29 is 23.9 Å². The lowest BCUT2D eigenvalue weighted by molar-refractivity contribution is -0.154. The SMILES string of the molecule is CC1CCc2c(sc(NC(=O)COC(=O)CN3C(=O)C4CCCCC4C3=O)c2C#N)C1. The molecule has 1 aromatic heterocycles. The average Bonchev–Trinajstić information content (AvgIpc) is 3.21. The monoisotopic (exact) mass is 443 g/mol. The summed E-state index contributed by atoms with van der Waals surface area (Å²) in [5, 5.41) is 12.7. The highest BCUT2D eigenvalue weighted by atomic mass is 32.1. The summed E-state index contributed by atoms with van der Waals surface area (Å²) >= 11 is 1.40. The molecule has 2 heterocycles. The first-order valence-electron chi connectivity index (χ1n) is 10.7. The molecule has 3 unspecified atom stereocenters. The second-order valence-electron chi connectivity index (χ2n) is 8.64. The molecule has 2 aliphatic carbocycles. The molecule has 1 saturated heterocycles. The van der Waals surface area contributed by atoms with Gasteiger partial charge in [-0.15, -0.1) is 11.3 Å². The fourth-order valence-electron chi connectivity index (χ4n) is 4.83. The molecule has 1 N–H and O–H groups in total.